The van der Waals surface area contributed by atoms with Gasteiger partial charge in [-0.25, -0.2) is 9.97 Å². The molecule has 0 radical (unpaired) electrons. The largest absolute Gasteiger partial charge is 0.305 e. The van der Waals surface area contributed by atoms with Crippen LogP contribution in [0.5, 0.6) is 0 Å². The van der Waals surface area contributed by atoms with Crippen LogP contribution in [-0.4, -0.2) is 25.8 Å². The fourth-order valence-electron chi connectivity index (χ4n) is 1.26. The monoisotopic (exact) mass is 259 g/mol. The maximum Gasteiger partial charge on any atom is 0.287 e. The van der Waals surface area contributed by atoms with E-state index in [2.05, 4.69) is 20.3 Å². The first-order valence-electron chi connectivity index (χ1n) is 5.27. The van der Waals surface area contributed by atoms with E-state index in [1.54, 1.807) is 6.92 Å². The van der Waals surface area contributed by atoms with Crippen LogP contribution in [0.3, 0.4) is 0 Å². The van der Waals surface area contributed by atoms with Crippen molar-refractivity contribution >= 4 is 17.4 Å². The lowest BCUT2D eigenvalue weighted by molar-refractivity contribution is -0.385. The molecule has 19 heavy (non-hydrogen) atoms. The van der Waals surface area contributed by atoms with E-state index in [9.17, 15) is 14.9 Å². The van der Waals surface area contributed by atoms with Gasteiger partial charge in [0.2, 0.25) is 0 Å². The summed E-state index contributed by atoms with van der Waals surface area (Å²) in [6.45, 7) is 1.76. The number of pyridine rings is 1. The predicted molar refractivity (Wildman–Crippen MR) is 65.6 cm³/mol. The number of nitrogens with zero attached hydrogens (tertiary/aromatic N) is 4. The van der Waals surface area contributed by atoms with Gasteiger partial charge in [-0.3, -0.25) is 19.9 Å². The van der Waals surface area contributed by atoms with Gasteiger partial charge >= 0.3 is 0 Å². The third-order valence-electron chi connectivity index (χ3n) is 2.21. The zero-order valence-electron chi connectivity index (χ0n) is 9.90. The molecule has 0 saturated heterocycles. The van der Waals surface area contributed by atoms with E-state index in [1.807, 2.05) is 0 Å². The SMILES string of the molecule is Cc1cnc(C(=O)Nc2ccc([N+](=O)[O-])cn2)cn1. The third kappa shape index (κ3) is 3.06. The number of amides is 1. The normalized spacial score (nSPS) is 9.95. The number of anilines is 1. The number of aromatic nitrogens is 3. The average molecular weight is 259 g/mol. The lowest BCUT2D eigenvalue weighted by Gasteiger charge is -2.03. The summed E-state index contributed by atoms with van der Waals surface area (Å²) < 4.78 is 0. The second-order valence-electron chi connectivity index (χ2n) is 3.66. The topological polar surface area (TPSA) is 111 Å². The minimum Gasteiger partial charge on any atom is -0.305 e. The Bertz CT molecular complexity index is 609. The molecule has 2 aromatic rings. The molecule has 96 valence electrons. The zero-order chi connectivity index (χ0) is 13.8. The Kier molecular flexibility index (Phi) is 3.42. The van der Waals surface area contributed by atoms with Crippen molar-refractivity contribution < 1.29 is 9.72 Å². The van der Waals surface area contributed by atoms with Gasteiger partial charge in [0, 0.05) is 12.3 Å². The summed E-state index contributed by atoms with van der Waals surface area (Å²) in [5, 5.41) is 12.9. The van der Waals surface area contributed by atoms with Gasteiger partial charge in [-0.1, -0.05) is 0 Å². The highest BCUT2D eigenvalue weighted by Crippen LogP contribution is 2.12. The maximum absolute atomic E-state index is 11.8. The molecule has 1 N–H and O–H groups in total. The van der Waals surface area contributed by atoms with Crippen LogP contribution in [0, 0.1) is 17.0 Å². The van der Waals surface area contributed by atoms with E-state index in [4.69, 9.17) is 0 Å². The van der Waals surface area contributed by atoms with Crippen molar-refractivity contribution in [2.45, 2.75) is 6.92 Å². The van der Waals surface area contributed by atoms with Gasteiger partial charge in [0.25, 0.3) is 11.6 Å². The molecule has 0 aliphatic carbocycles. The highest BCUT2D eigenvalue weighted by molar-refractivity contribution is 6.02. The van der Waals surface area contributed by atoms with Gasteiger partial charge < -0.3 is 5.32 Å². The first kappa shape index (κ1) is 12.6. The van der Waals surface area contributed by atoms with Crippen molar-refractivity contribution in [2.75, 3.05) is 5.32 Å². The molecular weight excluding hydrogens is 250 g/mol. The molecule has 0 aliphatic rings. The van der Waals surface area contributed by atoms with E-state index in [-0.39, 0.29) is 17.2 Å². The molecule has 0 atom stereocenters. The third-order valence-corrected chi connectivity index (χ3v) is 2.21. The molecule has 0 spiro atoms. The molecule has 0 saturated carbocycles. The van der Waals surface area contributed by atoms with Crippen LogP contribution < -0.4 is 5.32 Å². The van der Waals surface area contributed by atoms with Crippen LogP contribution in [-0.2, 0) is 0 Å². The Morgan fingerprint density at radius 2 is 2.00 bits per heavy atom. The van der Waals surface area contributed by atoms with Crippen molar-refractivity contribution in [2.24, 2.45) is 0 Å². The quantitative estimate of drug-likeness (QED) is 0.657. The Balaban J connectivity index is 2.10. The molecule has 1 amide bonds. The Morgan fingerprint density at radius 3 is 2.53 bits per heavy atom. The predicted octanol–water partition coefficient (Wildman–Crippen LogP) is 1.34. The van der Waals surface area contributed by atoms with Crippen molar-refractivity contribution in [3.8, 4) is 0 Å². The molecule has 0 bridgehead atoms. The van der Waals surface area contributed by atoms with Crippen LogP contribution >= 0.6 is 0 Å². The Labute approximate surface area is 107 Å². The Hall–Kier alpha value is -2.90. The minimum atomic E-state index is -0.565. The molecule has 0 fully saturated rings. The van der Waals surface area contributed by atoms with Crippen molar-refractivity contribution in [3.63, 3.8) is 0 Å². The average Bonchev–Trinajstić information content (AvgIpc) is 2.40. The Morgan fingerprint density at radius 1 is 1.21 bits per heavy atom. The van der Waals surface area contributed by atoms with Crippen LogP contribution in [0.15, 0.2) is 30.7 Å². The van der Waals surface area contributed by atoms with Crippen molar-refractivity contribution in [1.29, 1.82) is 0 Å². The lowest BCUT2D eigenvalue weighted by atomic mass is 10.3. The first-order chi connectivity index (χ1) is 9.06. The number of hydrogen-bond donors (Lipinski definition) is 1. The van der Waals surface area contributed by atoms with Gasteiger partial charge in [-0.15, -0.1) is 0 Å². The van der Waals surface area contributed by atoms with E-state index >= 15 is 0 Å². The van der Waals surface area contributed by atoms with Gasteiger partial charge in [0.15, 0.2) is 0 Å². The summed E-state index contributed by atoms with van der Waals surface area (Å²) in [7, 11) is 0. The maximum atomic E-state index is 11.8. The van der Waals surface area contributed by atoms with Gasteiger partial charge in [-0.05, 0) is 13.0 Å². The number of carbonyl (C=O) groups excluding carboxylic acids is 1. The molecule has 0 unspecified atom stereocenters. The fraction of sp³-hybridized carbons (Fsp3) is 0.0909. The summed E-state index contributed by atoms with van der Waals surface area (Å²) in [6, 6.07) is 2.60. The van der Waals surface area contributed by atoms with Crippen LogP contribution in [0.2, 0.25) is 0 Å². The van der Waals surface area contributed by atoms with E-state index < -0.39 is 10.8 Å². The smallest absolute Gasteiger partial charge is 0.287 e. The number of nitro groups is 1. The second-order valence-corrected chi connectivity index (χ2v) is 3.66. The molecule has 0 aromatic carbocycles. The number of hydrogen-bond acceptors (Lipinski definition) is 6. The molecule has 2 heterocycles. The molecule has 0 aliphatic heterocycles. The summed E-state index contributed by atoms with van der Waals surface area (Å²) in [6.07, 6.45) is 3.88. The number of carbonyl (C=O) groups is 1. The van der Waals surface area contributed by atoms with E-state index in [0.717, 1.165) is 6.20 Å². The van der Waals surface area contributed by atoms with Crippen LogP contribution in [0.1, 0.15) is 16.2 Å². The molecular formula is C11H9N5O3. The van der Waals surface area contributed by atoms with E-state index in [1.165, 1.54) is 24.5 Å². The highest BCUT2D eigenvalue weighted by atomic mass is 16.6. The molecule has 2 aromatic heterocycles. The minimum absolute atomic E-state index is 0.144. The van der Waals surface area contributed by atoms with E-state index in [0.29, 0.717) is 5.69 Å². The molecule has 8 nitrogen and oxygen atoms in total. The van der Waals surface area contributed by atoms with Gasteiger partial charge in [0.1, 0.15) is 17.7 Å². The van der Waals surface area contributed by atoms with Crippen LogP contribution in [0.4, 0.5) is 11.5 Å². The van der Waals surface area contributed by atoms with Gasteiger partial charge in [-0.2, -0.15) is 0 Å². The summed E-state index contributed by atoms with van der Waals surface area (Å²) >= 11 is 0. The first-order valence-corrected chi connectivity index (χ1v) is 5.27. The fourth-order valence-corrected chi connectivity index (χ4v) is 1.26. The highest BCUT2D eigenvalue weighted by Gasteiger charge is 2.10. The van der Waals surface area contributed by atoms with Crippen LogP contribution in [0.25, 0.3) is 0 Å². The lowest BCUT2D eigenvalue weighted by Crippen LogP contribution is -2.15. The van der Waals surface area contributed by atoms with Crippen molar-refractivity contribution in [3.05, 3.63) is 52.2 Å². The van der Waals surface area contributed by atoms with Crippen molar-refractivity contribution in [1.82, 2.24) is 15.0 Å². The molecule has 8 heteroatoms. The zero-order valence-corrected chi connectivity index (χ0v) is 9.90. The summed E-state index contributed by atoms with van der Waals surface area (Å²) in [5.74, 6) is -0.271. The second kappa shape index (κ2) is 5.17. The number of nitrogens with one attached hydrogen (secondary N) is 1. The number of aryl methyl sites for hydroxylation is 1. The summed E-state index contributed by atoms with van der Waals surface area (Å²) in [5.41, 5.74) is 0.698. The standard InChI is InChI=1S/C11H9N5O3/c1-7-4-13-9(6-12-7)11(17)15-10-3-2-8(5-14-10)16(18)19/h2-6H,1H3,(H,14,15,17). The summed E-state index contributed by atoms with van der Waals surface area (Å²) in [4.78, 5) is 33.3. The molecule has 2 rings (SSSR count). The van der Waals surface area contributed by atoms with Gasteiger partial charge in [0.05, 0.1) is 16.8 Å². The number of rotatable bonds is 3.